The summed E-state index contributed by atoms with van der Waals surface area (Å²) in [4.78, 5) is 16.8. The Bertz CT molecular complexity index is 1430. The fourth-order valence-corrected chi connectivity index (χ4v) is 3.17. The van der Waals surface area contributed by atoms with Gasteiger partial charge in [0.05, 0.1) is 11.9 Å². The number of aromatic nitrogens is 3. The zero-order chi connectivity index (χ0) is 24.1. The lowest BCUT2D eigenvalue weighted by molar-refractivity contribution is 0.143. The number of ether oxygens (including phenoxy) is 1. The summed E-state index contributed by atoms with van der Waals surface area (Å²) in [5.74, 6) is 8.27. The van der Waals surface area contributed by atoms with E-state index in [-0.39, 0.29) is 0 Å². The molecule has 8 heteroatoms. The number of benzene rings is 2. The second kappa shape index (κ2) is 9.57. The van der Waals surface area contributed by atoms with Crippen LogP contribution in [0.3, 0.4) is 0 Å². The molecule has 0 atom stereocenters. The maximum Gasteiger partial charge on any atom is 0.157 e. The molecule has 0 amide bonds. The van der Waals surface area contributed by atoms with Gasteiger partial charge in [-0.2, -0.15) is 0 Å². The number of fused-ring (bicyclic) bond motifs is 1. The Kier molecular flexibility index (Phi) is 6.39. The first-order valence-corrected chi connectivity index (χ1v) is 10.6. The number of nitrogens with one attached hydrogen (secondary N) is 1. The van der Waals surface area contributed by atoms with Crippen LogP contribution < -0.4 is 15.8 Å². The Morgan fingerprint density at radius 1 is 1.09 bits per heavy atom. The van der Waals surface area contributed by atoms with Crippen molar-refractivity contribution in [3.8, 4) is 23.3 Å². The largest absolute Gasteiger partial charge is 0.457 e. The van der Waals surface area contributed by atoms with Crippen LogP contribution in [0.2, 0.25) is 0 Å². The summed E-state index contributed by atoms with van der Waals surface area (Å²) in [7, 11) is 0. The molecule has 0 unspecified atom stereocenters. The van der Waals surface area contributed by atoms with Crippen LogP contribution in [0.1, 0.15) is 25.0 Å². The molecule has 34 heavy (non-hydrogen) atoms. The average molecular weight is 453 g/mol. The second-order valence-corrected chi connectivity index (χ2v) is 8.10. The average Bonchev–Trinajstić information content (AvgIpc) is 2.80. The SMILES string of the molecule is Cc1cc(Nc2ncnc3ccc(C#CC(C)(C)O)cc23)ccc1Oc1ccnc(N=CN)c1. The Labute approximate surface area is 197 Å². The smallest absolute Gasteiger partial charge is 0.157 e. The minimum absolute atomic E-state index is 0.471. The normalized spacial score (nSPS) is 11.3. The third-order valence-electron chi connectivity index (χ3n) is 4.74. The molecule has 0 aliphatic rings. The number of anilines is 2. The van der Waals surface area contributed by atoms with Gasteiger partial charge >= 0.3 is 0 Å². The summed E-state index contributed by atoms with van der Waals surface area (Å²) in [6.45, 7) is 5.26. The van der Waals surface area contributed by atoms with Crippen LogP contribution in [0.5, 0.6) is 11.5 Å². The highest BCUT2D eigenvalue weighted by molar-refractivity contribution is 5.91. The zero-order valence-electron chi connectivity index (χ0n) is 19.1. The highest BCUT2D eigenvalue weighted by Gasteiger charge is 2.09. The number of nitrogens with zero attached hydrogens (tertiary/aromatic N) is 4. The van der Waals surface area contributed by atoms with Gasteiger partial charge in [-0.25, -0.2) is 19.9 Å². The lowest BCUT2D eigenvalue weighted by Gasteiger charge is -2.13. The first kappa shape index (κ1) is 22.7. The van der Waals surface area contributed by atoms with Gasteiger partial charge in [0.1, 0.15) is 29.2 Å². The lowest BCUT2D eigenvalue weighted by atomic mass is 10.1. The maximum atomic E-state index is 9.89. The molecule has 0 aliphatic heterocycles. The summed E-state index contributed by atoms with van der Waals surface area (Å²) >= 11 is 0. The van der Waals surface area contributed by atoms with Crippen LogP contribution >= 0.6 is 0 Å². The first-order chi connectivity index (χ1) is 16.3. The standard InChI is InChI=1S/C26H24N6O2/c1-17-12-19(5-7-23(17)34-20-9-11-28-24(14-20)29-15-27)32-25-21-13-18(8-10-26(2,3)33)4-6-22(21)30-16-31-25/h4-7,9,11-16,33H,1-3H3,(H2,27,28,29)(H,30,31,32). The van der Waals surface area contributed by atoms with Gasteiger partial charge in [-0.3, -0.25) is 0 Å². The molecule has 4 aromatic rings. The molecule has 0 fully saturated rings. The number of aliphatic hydroxyl groups is 1. The van der Waals surface area contributed by atoms with Crippen molar-refractivity contribution in [2.24, 2.45) is 10.7 Å². The number of nitrogens with two attached hydrogens (primary N) is 1. The van der Waals surface area contributed by atoms with E-state index in [4.69, 9.17) is 10.5 Å². The highest BCUT2D eigenvalue weighted by atomic mass is 16.5. The van der Waals surface area contributed by atoms with Crippen molar-refractivity contribution in [2.45, 2.75) is 26.4 Å². The molecule has 2 heterocycles. The van der Waals surface area contributed by atoms with E-state index < -0.39 is 5.60 Å². The molecule has 0 radical (unpaired) electrons. The van der Waals surface area contributed by atoms with Gasteiger partial charge in [-0.15, -0.1) is 0 Å². The Hall–Kier alpha value is -4.48. The third-order valence-corrected chi connectivity index (χ3v) is 4.74. The van der Waals surface area contributed by atoms with Crippen LogP contribution in [-0.4, -0.2) is 32.0 Å². The number of hydrogen-bond donors (Lipinski definition) is 3. The van der Waals surface area contributed by atoms with Crippen molar-refractivity contribution in [1.29, 1.82) is 0 Å². The van der Waals surface area contributed by atoms with Gasteiger partial charge in [0, 0.05) is 28.9 Å². The molecule has 2 aromatic carbocycles. The molecular weight excluding hydrogens is 428 g/mol. The molecule has 4 rings (SSSR count). The highest BCUT2D eigenvalue weighted by Crippen LogP contribution is 2.30. The van der Waals surface area contributed by atoms with E-state index in [2.05, 4.69) is 37.1 Å². The molecule has 8 nitrogen and oxygen atoms in total. The van der Waals surface area contributed by atoms with Crippen LogP contribution in [0.25, 0.3) is 10.9 Å². The topological polar surface area (TPSA) is 119 Å². The van der Waals surface area contributed by atoms with E-state index >= 15 is 0 Å². The molecule has 2 aromatic heterocycles. The van der Waals surface area contributed by atoms with Crippen LogP contribution in [0.15, 0.2) is 66.0 Å². The Morgan fingerprint density at radius 2 is 1.94 bits per heavy atom. The number of rotatable bonds is 5. The van der Waals surface area contributed by atoms with Crippen molar-refractivity contribution < 1.29 is 9.84 Å². The molecule has 0 saturated heterocycles. The third kappa shape index (κ3) is 5.65. The molecule has 170 valence electrons. The fraction of sp³-hybridized carbons (Fsp3) is 0.154. The summed E-state index contributed by atoms with van der Waals surface area (Å²) in [6.07, 6.45) is 4.32. The predicted octanol–water partition coefficient (Wildman–Crippen LogP) is 4.61. The fourth-order valence-electron chi connectivity index (χ4n) is 3.17. The van der Waals surface area contributed by atoms with Crippen LogP contribution in [0.4, 0.5) is 17.3 Å². The van der Waals surface area contributed by atoms with E-state index in [1.807, 2.05) is 43.3 Å². The van der Waals surface area contributed by atoms with E-state index in [1.54, 1.807) is 32.2 Å². The van der Waals surface area contributed by atoms with Crippen molar-refractivity contribution in [3.05, 3.63) is 72.2 Å². The number of hydrogen-bond acceptors (Lipinski definition) is 7. The van der Waals surface area contributed by atoms with E-state index in [0.717, 1.165) is 27.7 Å². The van der Waals surface area contributed by atoms with Crippen molar-refractivity contribution >= 4 is 34.6 Å². The molecule has 0 saturated carbocycles. The molecule has 0 bridgehead atoms. The van der Waals surface area contributed by atoms with Crippen molar-refractivity contribution in [3.63, 3.8) is 0 Å². The molecule has 4 N–H and O–H groups in total. The van der Waals surface area contributed by atoms with Gasteiger partial charge in [0.15, 0.2) is 5.82 Å². The van der Waals surface area contributed by atoms with E-state index in [0.29, 0.717) is 23.1 Å². The molecule has 0 aliphatic carbocycles. The van der Waals surface area contributed by atoms with Crippen LogP contribution in [-0.2, 0) is 0 Å². The number of aryl methyl sites for hydroxylation is 1. The minimum Gasteiger partial charge on any atom is -0.457 e. The quantitative estimate of drug-likeness (QED) is 0.230. The summed E-state index contributed by atoms with van der Waals surface area (Å²) in [5.41, 5.74) is 7.60. The first-order valence-electron chi connectivity index (χ1n) is 10.6. The minimum atomic E-state index is -1.07. The van der Waals surface area contributed by atoms with Crippen LogP contribution in [0, 0.1) is 18.8 Å². The number of aliphatic imine (C=N–C) groups is 1. The lowest BCUT2D eigenvalue weighted by Crippen LogP contribution is -2.14. The van der Waals surface area contributed by atoms with Gasteiger partial charge in [-0.1, -0.05) is 11.8 Å². The Morgan fingerprint density at radius 3 is 2.71 bits per heavy atom. The predicted molar refractivity (Wildman–Crippen MR) is 134 cm³/mol. The number of pyridine rings is 1. The summed E-state index contributed by atoms with van der Waals surface area (Å²) in [5, 5.41) is 14.1. The van der Waals surface area contributed by atoms with E-state index in [9.17, 15) is 5.11 Å². The summed E-state index contributed by atoms with van der Waals surface area (Å²) in [6, 6.07) is 14.9. The van der Waals surface area contributed by atoms with Crippen molar-refractivity contribution in [1.82, 2.24) is 15.0 Å². The summed E-state index contributed by atoms with van der Waals surface area (Å²) < 4.78 is 6.00. The van der Waals surface area contributed by atoms with E-state index in [1.165, 1.54) is 12.7 Å². The van der Waals surface area contributed by atoms with Gasteiger partial charge in [0.2, 0.25) is 0 Å². The van der Waals surface area contributed by atoms with Crippen molar-refractivity contribution in [2.75, 3.05) is 5.32 Å². The van der Waals surface area contributed by atoms with Gasteiger partial charge in [0.25, 0.3) is 0 Å². The molecular formula is C26H24N6O2. The molecule has 0 spiro atoms. The zero-order valence-corrected chi connectivity index (χ0v) is 19.1. The second-order valence-electron chi connectivity index (χ2n) is 8.10. The van der Waals surface area contributed by atoms with Gasteiger partial charge < -0.3 is 20.9 Å². The monoisotopic (exact) mass is 452 g/mol. The van der Waals surface area contributed by atoms with Gasteiger partial charge in [-0.05, 0) is 68.8 Å². The Balaban J connectivity index is 1.59. The maximum absolute atomic E-state index is 9.89.